The van der Waals surface area contributed by atoms with E-state index in [4.69, 9.17) is 14.2 Å². The topological polar surface area (TPSA) is 44.8 Å². The van der Waals surface area contributed by atoms with Crippen molar-refractivity contribution in [2.75, 3.05) is 19.8 Å². The van der Waals surface area contributed by atoms with Gasteiger partial charge in [-0.25, -0.2) is 0 Å². The van der Waals surface area contributed by atoms with Crippen LogP contribution < -0.4 is 0 Å². The third-order valence-electron chi connectivity index (χ3n) is 5.82. The summed E-state index contributed by atoms with van der Waals surface area (Å²) in [5, 5.41) is 0. The van der Waals surface area contributed by atoms with Crippen LogP contribution in [-0.2, 0) is 24.8 Å². The highest BCUT2D eigenvalue weighted by molar-refractivity contribution is 5.69. The maximum absolute atomic E-state index is 12.0. The van der Waals surface area contributed by atoms with Crippen molar-refractivity contribution in [1.29, 1.82) is 0 Å². The van der Waals surface area contributed by atoms with E-state index >= 15 is 0 Å². The zero-order chi connectivity index (χ0) is 18.8. The van der Waals surface area contributed by atoms with Crippen molar-refractivity contribution in [3.05, 3.63) is 35.9 Å². The summed E-state index contributed by atoms with van der Waals surface area (Å²) in [6.45, 7) is 1.95. The minimum atomic E-state index is -0.634. The van der Waals surface area contributed by atoms with Crippen LogP contribution in [0.1, 0.15) is 76.2 Å². The Morgan fingerprint density at radius 1 is 1.00 bits per heavy atom. The molecule has 0 N–H and O–H groups in total. The standard InChI is InChI=1S/C23H34O4/c24-22(15-14-20-10-3-1-4-11-20)25-17-8-7-16-23(26-18-9-19-27-23)21-12-5-2-6-13-21/h2,5-6,12-13,20H,1,3-4,7-11,14-19H2. The Morgan fingerprint density at radius 3 is 2.48 bits per heavy atom. The predicted octanol–water partition coefficient (Wildman–Crippen LogP) is 5.35. The van der Waals surface area contributed by atoms with Crippen molar-refractivity contribution >= 4 is 5.97 Å². The van der Waals surface area contributed by atoms with Gasteiger partial charge in [0.05, 0.1) is 19.8 Å². The molecule has 1 aromatic carbocycles. The van der Waals surface area contributed by atoms with E-state index in [1.807, 2.05) is 18.2 Å². The van der Waals surface area contributed by atoms with Crippen molar-refractivity contribution in [1.82, 2.24) is 0 Å². The molecule has 3 rings (SSSR count). The van der Waals surface area contributed by atoms with Crippen LogP contribution >= 0.6 is 0 Å². The lowest BCUT2D eigenvalue weighted by Gasteiger charge is -2.37. The van der Waals surface area contributed by atoms with Crippen LogP contribution in [0.15, 0.2) is 30.3 Å². The van der Waals surface area contributed by atoms with Gasteiger partial charge in [0, 0.05) is 18.4 Å². The highest BCUT2D eigenvalue weighted by atomic mass is 16.7. The first-order valence-electron chi connectivity index (χ1n) is 10.8. The lowest BCUT2D eigenvalue weighted by Crippen LogP contribution is -2.38. The van der Waals surface area contributed by atoms with Gasteiger partial charge in [0.1, 0.15) is 0 Å². The molecule has 1 aliphatic carbocycles. The molecule has 1 saturated carbocycles. The van der Waals surface area contributed by atoms with Gasteiger partial charge in [0.2, 0.25) is 0 Å². The summed E-state index contributed by atoms with van der Waals surface area (Å²) in [4.78, 5) is 12.0. The Bertz CT molecular complexity index is 545. The van der Waals surface area contributed by atoms with E-state index in [0.29, 0.717) is 13.0 Å². The van der Waals surface area contributed by atoms with Gasteiger partial charge in [-0.15, -0.1) is 0 Å². The number of carbonyl (C=O) groups is 1. The maximum Gasteiger partial charge on any atom is 0.305 e. The molecule has 0 spiro atoms. The second-order valence-electron chi connectivity index (χ2n) is 7.89. The SMILES string of the molecule is O=C(CCC1CCCCC1)OCCCCC1(c2ccccc2)OCCCO1. The van der Waals surface area contributed by atoms with E-state index < -0.39 is 5.79 Å². The fourth-order valence-electron chi connectivity index (χ4n) is 4.24. The maximum atomic E-state index is 12.0. The Morgan fingerprint density at radius 2 is 1.74 bits per heavy atom. The highest BCUT2D eigenvalue weighted by Crippen LogP contribution is 2.35. The van der Waals surface area contributed by atoms with Gasteiger partial charge in [0.25, 0.3) is 0 Å². The van der Waals surface area contributed by atoms with Crippen molar-refractivity contribution in [2.24, 2.45) is 5.92 Å². The van der Waals surface area contributed by atoms with Gasteiger partial charge in [-0.1, -0.05) is 62.4 Å². The van der Waals surface area contributed by atoms with Gasteiger partial charge in [-0.3, -0.25) is 4.79 Å². The van der Waals surface area contributed by atoms with Gasteiger partial charge < -0.3 is 14.2 Å². The molecule has 1 aliphatic heterocycles. The molecule has 0 bridgehead atoms. The average Bonchev–Trinajstić information content (AvgIpc) is 2.74. The minimum Gasteiger partial charge on any atom is -0.466 e. The van der Waals surface area contributed by atoms with Gasteiger partial charge in [-0.05, 0) is 31.6 Å². The normalized spacial score (nSPS) is 20.3. The molecule has 4 heteroatoms. The first-order chi connectivity index (χ1) is 13.3. The lowest BCUT2D eigenvalue weighted by atomic mass is 9.86. The summed E-state index contributed by atoms with van der Waals surface area (Å²) in [7, 11) is 0. The third-order valence-corrected chi connectivity index (χ3v) is 5.82. The van der Waals surface area contributed by atoms with Crippen molar-refractivity contribution in [3.8, 4) is 0 Å². The van der Waals surface area contributed by atoms with Crippen LogP contribution in [0.2, 0.25) is 0 Å². The Labute approximate surface area is 163 Å². The number of hydrogen-bond acceptors (Lipinski definition) is 4. The van der Waals surface area contributed by atoms with Crippen molar-refractivity contribution in [3.63, 3.8) is 0 Å². The molecule has 0 atom stereocenters. The van der Waals surface area contributed by atoms with E-state index in [2.05, 4.69) is 12.1 Å². The summed E-state index contributed by atoms with van der Waals surface area (Å²) >= 11 is 0. The Kier molecular flexibility index (Phi) is 8.15. The number of rotatable bonds is 9. The first-order valence-corrected chi connectivity index (χ1v) is 10.8. The van der Waals surface area contributed by atoms with Crippen LogP contribution in [0.3, 0.4) is 0 Å². The van der Waals surface area contributed by atoms with Gasteiger partial charge >= 0.3 is 5.97 Å². The summed E-state index contributed by atoms with van der Waals surface area (Å²) in [5.41, 5.74) is 1.08. The predicted molar refractivity (Wildman–Crippen MR) is 105 cm³/mol. The molecule has 2 aliphatic rings. The number of benzene rings is 1. The number of carbonyl (C=O) groups excluding carboxylic acids is 1. The molecule has 1 saturated heterocycles. The molecule has 1 heterocycles. The first kappa shape index (κ1) is 20.3. The van der Waals surface area contributed by atoms with E-state index in [-0.39, 0.29) is 5.97 Å². The Hall–Kier alpha value is -1.39. The molecular weight excluding hydrogens is 340 g/mol. The molecule has 0 radical (unpaired) electrons. The number of ether oxygens (including phenoxy) is 3. The molecule has 0 unspecified atom stereocenters. The molecule has 0 amide bonds. The summed E-state index contributed by atoms with van der Waals surface area (Å²) in [5.74, 6) is 0.0611. The molecule has 4 nitrogen and oxygen atoms in total. The average molecular weight is 375 g/mol. The molecule has 0 aromatic heterocycles. The summed E-state index contributed by atoms with van der Waals surface area (Å²) in [6.07, 6.45) is 11.6. The summed E-state index contributed by atoms with van der Waals surface area (Å²) in [6, 6.07) is 10.2. The van der Waals surface area contributed by atoms with Crippen LogP contribution in [-0.4, -0.2) is 25.8 Å². The smallest absolute Gasteiger partial charge is 0.305 e. The van der Waals surface area contributed by atoms with E-state index in [0.717, 1.165) is 56.8 Å². The molecule has 2 fully saturated rings. The van der Waals surface area contributed by atoms with Gasteiger partial charge in [0.15, 0.2) is 5.79 Å². The molecule has 1 aromatic rings. The quantitative estimate of drug-likeness (QED) is 0.432. The third kappa shape index (κ3) is 6.32. The summed E-state index contributed by atoms with van der Waals surface area (Å²) < 4.78 is 17.6. The van der Waals surface area contributed by atoms with E-state index in [1.165, 1.54) is 32.1 Å². The minimum absolute atomic E-state index is 0.0384. The van der Waals surface area contributed by atoms with E-state index in [9.17, 15) is 4.79 Å². The second kappa shape index (κ2) is 10.8. The van der Waals surface area contributed by atoms with Crippen molar-refractivity contribution < 1.29 is 19.0 Å². The highest BCUT2D eigenvalue weighted by Gasteiger charge is 2.36. The van der Waals surface area contributed by atoms with Gasteiger partial charge in [-0.2, -0.15) is 0 Å². The zero-order valence-corrected chi connectivity index (χ0v) is 16.5. The van der Waals surface area contributed by atoms with Crippen LogP contribution in [0.4, 0.5) is 0 Å². The second-order valence-corrected chi connectivity index (χ2v) is 7.89. The van der Waals surface area contributed by atoms with Crippen LogP contribution in [0.25, 0.3) is 0 Å². The Balaban J connectivity index is 1.35. The molecule has 27 heavy (non-hydrogen) atoms. The fourth-order valence-corrected chi connectivity index (χ4v) is 4.24. The zero-order valence-electron chi connectivity index (χ0n) is 16.5. The number of esters is 1. The number of hydrogen-bond donors (Lipinski definition) is 0. The number of unbranched alkanes of at least 4 members (excludes halogenated alkanes) is 1. The molecule has 150 valence electrons. The van der Waals surface area contributed by atoms with Crippen molar-refractivity contribution in [2.45, 2.75) is 76.4 Å². The lowest BCUT2D eigenvalue weighted by molar-refractivity contribution is -0.280. The van der Waals surface area contributed by atoms with E-state index in [1.54, 1.807) is 0 Å². The fraction of sp³-hybridized carbons (Fsp3) is 0.696. The molecular formula is C23H34O4. The largest absolute Gasteiger partial charge is 0.466 e. The van der Waals surface area contributed by atoms with Crippen LogP contribution in [0.5, 0.6) is 0 Å². The van der Waals surface area contributed by atoms with Crippen LogP contribution in [0, 0.1) is 5.92 Å². The monoisotopic (exact) mass is 374 g/mol.